The molecule has 3 saturated heterocycles. The Balaban J connectivity index is 1.12. The molecule has 29 nitrogen and oxygen atoms in total. The number of fused-ring (bicyclic) bond motifs is 1. The molecule has 0 bridgehead atoms. The van der Waals surface area contributed by atoms with E-state index in [9.17, 15) is 65.0 Å². The molecule has 0 spiro atoms. The minimum absolute atomic E-state index is 0.00162. The Morgan fingerprint density at radius 3 is 2.27 bits per heavy atom. The molecule has 1 aliphatic carbocycles. The zero-order valence-electron chi connectivity index (χ0n) is 33.1. The van der Waals surface area contributed by atoms with E-state index in [1.165, 1.54) is 0 Å². The van der Waals surface area contributed by atoms with E-state index in [-0.39, 0.29) is 37.1 Å². The number of ether oxygens (including phenoxy) is 5. The van der Waals surface area contributed by atoms with Crippen LogP contribution in [-0.2, 0) is 42.1 Å². The number of aliphatic hydroxyl groups is 9. The van der Waals surface area contributed by atoms with Crippen molar-refractivity contribution >= 4 is 24.9 Å². The van der Waals surface area contributed by atoms with Gasteiger partial charge in [-0.2, -0.15) is 0 Å². The van der Waals surface area contributed by atoms with Gasteiger partial charge in [0.25, 0.3) is 13.4 Å². The van der Waals surface area contributed by atoms with Crippen LogP contribution < -0.4 is 38.7 Å². The van der Waals surface area contributed by atoms with Crippen LogP contribution in [0.1, 0.15) is 19.1 Å². The summed E-state index contributed by atoms with van der Waals surface area (Å²) in [6.07, 6.45) is -25.5. The molecule has 62 heavy (non-hydrogen) atoms. The van der Waals surface area contributed by atoms with Crippen LogP contribution in [0.2, 0.25) is 0 Å². The molecule has 3 aliphatic heterocycles. The first-order chi connectivity index (χ1) is 29.3. The van der Waals surface area contributed by atoms with Crippen molar-refractivity contribution in [3.8, 4) is 0 Å². The van der Waals surface area contributed by atoms with Crippen molar-refractivity contribution < 1.29 is 116 Å². The summed E-state index contributed by atoms with van der Waals surface area (Å²) in [5.41, 5.74) is 14.3. The molecule has 30 heteroatoms. The van der Waals surface area contributed by atoms with Gasteiger partial charge in [0.15, 0.2) is 36.1 Å². The number of phosphoric acid groups is 1. The van der Waals surface area contributed by atoms with E-state index < -0.39 is 155 Å². The normalized spacial score (nSPS) is 41.8. The van der Waals surface area contributed by atoms with E-state index in [0.717, 1.165) is 17.2 Å². The van der Waals surface area contributed by atoms with E-state index >= 15 is 0 Å². The number of nitrogens with one attached hydrogen (secondary N) is 2. The highest BCUT2D eigenvalue weighted by Crippen LogP contribution is 2.44. The summed E-state index contributed by atoms with van der Waals surface area (Å²) in [5.74, 6) is -0.846. The van der Waals surface area contributed by atoms with Crippen LogP contribution in [0.4, 0.5) is 0 Å². The molecule has 1 amide bonds. The number of quaternary nitrogens is 4. The molecular weight excluding hydrogens is 861 g/mol. The number of phosphoric ester groups is 1. The van der Waals surface area contributed by atoms with Gasteiger partial charge in [-0.05, 0) is 0 Å². The maximum absolute atomic E-state index is 13.1. The number of carbonyl (C=O) groups is 1. The van der Waals surface area contributed by atoms with Crippen LogP contribution in [0.15, 0.2) is 17.4 Å². The number of amides is 1. The molecular formula is C32H57N9O20P+3. The highest BCUT2D eigenvalue weighted by Gasteiger charge is 2.55. The van der Waals surface area contributed by atoms with E-state index in [0.29, 0.717) is 0 Å². The summed E-state index contributed by atoms with van der Waals surface area (Å²) >= 11 is 0. The third-order valence-corrected chi connectivity index (χ3v) is 12.3. The number of nitrogens with zero attached hydrogens (tertiary/aromatic N) is 3. The van der Waals surface area contributed by atoms with Crippen LogP contribution >= 0.6 is 7.82 Å². The van der Waals surface area contributed by atoms with Crippen molar-refractivity contribution in [2.75, 3.05) is 26.3 Å². The largest absolute Gasteiger partial charge is 0.756 e. The smallest absolute Gasteiger partial charge is 0.278 e. The average molecular weight is 919 g/mol. The zero-order chi connectivity index (χ0) is 45.4. The lowest BCUT2D eigenvalue weighted by Crippen LogP contribution is -2.80. The first kappa shape index (κ1) is 48.7. The Kier molecular flexibility index (Phi) is 15.8. The van der Waals surface area contributed by atoms with Gasteiger partial charge in [0.1, 0.15) is 98.0 Å². The Labute approximate surface area is 350 Å². The molecule has 21 atom stereocenters. The monoisotopic (exact) mass is 918 g/mol. The van der Waals surface area contributed by atoms with Crippen molar-refractivity contribution in [1.29, 1.82) is 0 Å². The van der Waals surface area contributed by atoms with Gasteiger partial charge in [0, 0.05) is 12.8 Å². The number of aliphatic hydroxyl groups excluding tert-OH is 9. The molecule has 4 aliphatic rings. The summed E-state index contributed by atoms with van der Waals surface area (Å²) in [7, 11) is -5.46. The summed E-state index contributed by atoms with van der Waals surface area (Å²) in [6, 6.07) is -3.21. The Morgan fingerprint density at radius 1 is 0.919 bits per heavy atom. The van der Waals surface area contributed by atoms with Crippen LogP contribution in [-0.4, -0.2) is 214 Å². The van der Waals surface area contributed by atoms with Gasteiger partial charge >= 0.3 is 0 Å². The highest BCUT2D eigenvalue weighted by molar-refractivity contribution is 7.45. The number of aromatic amines is 1. The molecule has 0 radical (unpaired) electrons. The number of H-pyrrole nitrogens is 1. The van der Waals surface area contributed by atoms with Gasteiger partial charge in [0.2, 0.25) is 5.91 Å². The van der Waals surface area contributed by atoms with Gasteiger partial charge < -0.3 is 117 Å². The fourth-order valence-electron chi connectivity index (χ4n) is 7.87. The SMILES string of the molecule is [NH3+]CC[C@H](O)C(=O)N[C@@H]1C[C@H]([NH3+])[C@@H](O[C@H]2O[C@H](C[NH3+])[C@@H](OP(=O)([O-])OC[C@H]3O[C@@H](n4cnc5c(=O)[nH]cnc54)[C@H](O)[C@@H]3O)[C@H](O)[C@H]2O)[C@H](O)[C@H]1O[C@H]1O[C@H](CO)[C@@H](O)[C@H]([NH3+])[C@H]1O. The highest BCUT2D eigenvalue weighted by atomic mass is 31.2. The summed E-state index contributed by atoms with van der Waals surface area (Å²) < 4.78 is 53.3. The molecule has 23 N–H and O–H groups in total. The molecule has 6 rings (SSSR count). The molecule has 0 aromatic carbocycles. The van der Waals surface area contributed by atoms with Gasteiger partial charge in [-0.25, -0.2) is 9.97 Å². The number of hydrogen-bond acceptors (Lipinski definition) is 22. The van der Waals surface area contributed by atoms with Gasteiger partial charge in [-0.15, -0.1) is 0 Å². The number of carbonyl (C=O) groups excluding carboxylic acids is 1. The summed E-state index contributed by atoms with van der Waals surface area (Å²) in [4.78, 5) is 48.3. The molecule has 5 heterocycles. The number of aromatic nitrogens is 4. The van der Waals surface area contributed by atoms with Crippen LogP contribution in [0, 0.1) is 0 Å². The van der Waals surface area contributed by atoms with Crippen molar-refractivity contribution in [2.45, 2.75) is 135 Å². The standard InChI is InChI=1S/C32H54N9O20P/c33-2-1-11(43)28(51)40-10-3-9(35)24(23(50)25(10)60-31-19(46)15(36)17(44)13(5-42)58-31)59-32-22(49)20(47)26(12(4-34)57-32)61-62(53,54)55-6-14-18(45)21(48)30(56-14)41-8-39-16-27(41)37-7-38-29(16)52/h7-15,17-26,30-32,42-50H,1-6,33-36H2,(H,40,51)(H,53,54)(H,37,38,52)/p+3/t9-,10+,11-,12+,13+,14+,15-,17+,18+,19+,20+,21+,22+,23-,24+,25-,26+,30+,31+,32+/m0/s1. The zero-order valence-corrected chi connectivity index (χ0v) is 34.0. The van der Waals surface area contributed by atoms with E-state index in [1.807, 2.05) is 0 Å². The van der Waals surface area contributed by atoms with E-state index in [1.54, 1.807) is 0 Å². The molecule has 1 unspecified atom stereocenters. The lowest BCUT2D eigenvalue weighted by atomic mass is 9.83. The molecule has 352 valence electrons. The van der Waals surface area contributed by atoms with Crippen molar-refractivity contribution in [2.24, 2.45) is 0 Å². The van der Waals surface area contributed by atoms with Gasteiger partial charge in [0.05, 0.1) is 38.5 Å². The predicted octanol–water partition coefficient (Wildman–Crippen LogP) is -13.0. The molecule has 2 aromatic rings. The molecule has 4 fully saturated rings. The fraction of sp³-hybridized carbons (Fsp3) is 0.812. The quantitative estimate of drug-likeness (QED) is 0.0695. The third kappa shape index (κ3) is 10.0. The predicted molar refractivity (Wildman–Crippen MR) is 193 cm³/mol. The van der Waals surface area contributed by atoms with E-state index in [2.05, 4.69) is 43.2 Å². The Hall–Kier alpha value is -2.79. The second-order valence-corrected chi connectivity index (χ2v) is 16.9. The van der Waals surface area contributed by atoms with Crippen LogP contribution in [0.25, 0.3) is 11.2 Å². The van der Waals surface area contributed by atoms with Crippen molar-refractivity contribution in [1.82, 2.24) is 24.8 Å². The van der Waals surface area contributed by atoms with Gasteiger partial charge in [-0.3, -0.25) is 18.7 Å². The Bertz CT molecular complexity index is 1920. The second kappa shape index (κ2) is 20.2. The van der Waals surface area contributed by atoms with Crippen molar-refractivity contribution in [3.63, 3.8) is 0 Å². The van der Waals surface area contributed by atoms with Crippen LogP contribution in [0.5, 0.6) is 0 Å². The second-order valence-electron chi connectivity index (χ2n) is 15.6. The maximum atomic E-state index is 13.1. The minimum Gasteiger partial charge on any atom is -0.756 e. The summed E-state index contributed by atoms with van der Waals surface area (Å²) in [6.45, 7) is -1.69. The maximum Gasteiger partial charge on any atom is 0.278 e. The summed E-state index contributed by atoms with van der Waals surface area (Å²) in [5, 5.41) is 99.3. The molecule has 1 saturated carbocycles. The topological polar surface area (TPSA) is 490 Å². The lowest BCUT2D eigenvalue weighted by molar-refractivity contribution is -0.494. The number of rotatable bonds is 16. The Morgan fingerprint density at radius 2 is 1.60 bits per heavy atom. The number of imidazole rings is 1. The van der Waals surface area contributed by atoms with E-state index in [4.69, 9.17) is 32.7 Å². The minimum atomic E-state index is -5.46. The lowest BCUT2D eigenvalue weighted by Gasteiger charge is -2.48. The van der Waals surface area contributed by atoms with Crippen molar-refractivity contribution in [3.05, 3.63) is 23.0 Å². The van der Waals surface area contributed by atoms with Crippen LogP contribution in [0.3, 0.4) is 0 Å². The average Bonchev–Trinajstić information content (AvgIpc) is 3.79. The number of hydrogen-bond donors (Lipinski definition) is 15. The van der Waals surface area contributed by atoms with Gasteiger partial charge in [-0.1, -0.05) is 0 Å². The first-order valence-electron chi connectivity index (χ1n) is 19.7. The first-order valence-corrected chi connectivity index (χ1v) is 21.2. The molecule has 2 aromatic heterocycles. The fourth-order valence-corrected chi connectivity index (χ4v) is 8.82. The third-order valence-electron chi connectivity index (χ3n) is 11.4.